The number of H-pyrrole nitrogens is 3. The number of phosphoric ester groups is 3. The number of nitrogens with one attached hydrogen (secondary N) is 3. The van der Waals surface area contributed by atoms with Crippen molar-refractivity contribution >= 4 is 57.7 Å². The molecule has 6 rings (SSSR count). The second kappa shape index (κ2) is 19.6. The Morgan fingerprint density at radius 1 is 0.839 bits per heavy atom. The van der Waals surface area contributed by atoms with Crippen molar-refractivity contribution in [2.24, 2.45) is 7.05 Å². The highest BCUT2D eigenvalue weighted by Gasteiger charge is 2.50. The maximum absolute atomic E-state index is 12.8. The number of aromatic amines is 3. The number of aryl methyl sites for hydroxylation is 1. The number of nitrogen functional groups attached to an aromatic ring is 2. The van der Waals surface area contributed by atoms with Gasteiger partial charge in [-0.3, -0.25) is 38.2 Å². The Kier molecular flexibility index (Phi) is 15.6. The minimum absolute atomic E-state index is 0. The quantitative estimate of drug-likeness (QED) is 0.0232. The van der Waals surface area contributed by atoms with Crippen LogP contribution >= 0.6 is 23.5 Å². The van der Waals surface area contributed by atoms with Gasteiger partial charge in [-0.25, -0.2) is 9.13 Å². The summed E-state index contributed by atoms with van der Waals surface area (Å²) in [6.45, 7) is -4.75. The zero-order valence-corrected chi connectivity index (χ0v) is 34.2. The average Bonchev–Trinajstić information content (AvgIpc) is 3.90. The van der Waals surface area contributed by atoms with Gasteiger partial charge >= 0.3 is 11.3 Å². The lowest BCUT2D eigenvalue weighted by molar-refractivity contribution is -0.746. The molecule has 4 aromatic heterocycles. The number of aromatic nitrogens is 8. The van der Waals surface area contributed by atoms with E-state index in [9.17, 15) is 58.2 Å². The fraction of sp³-hybridized carbons (Fsp3) is 0.643. The summed E-state index contributed by atoms with van der Waals surface area (Å²) in [6, 6.07) is 0. The number of aliphatic hydroxyl groups excluding tert-OH is 3. The highest BCUT2D eigenvalue weighted by atomic mass is 31.2. The second-order valence-electron chi connectivity index (χ2n) is 13.3. The van der Waals surface area contributed by atoms with Crippen LogP contribution in [0.5, 0.6) is 0 Å². The summed E-state index contributed by atoms with van der Waals surface area (Å²) in [5.41, 5.74) is 9.93. The Hall–Kier alpha value is -3.65. The van der Waals surface area contributed by atoms with E-state index in [4.69, 9.17) is 39.5 Å². The lowest BCUT2D eigenvalue weighted by atomic mass is 10.1. The first-order valence-corrected chi connectivity index (χ1v) is 21.9. The van der Waals surface area contributed by atoms with Crippen LogP contribution in [-0.2, 0) is 62.3 Å². The molecule has 2 saturated heterocycles. The van der Waals surface area contributed by atoms with Gasteiger partial charge in [0.1, 0.15) is 42.7 Å². The molecule has 2 fully saturated rings. The molecule has 2 aliphatic rings. The number of hydrogen-bond donors (Lipinski definition) is 8. The van der Waals surface area contributed by atoms with E-state index in [1.165, 1.54) is 35.9 Å². The number of ether oxygens (including phenoxy) is 4. The van der Waals surface area contributed by atoms with Gasteiger partial charge in [0.15, 0.2) is 12.7 Å². The molecular weight excluding hydrogens is 905 g/mol. The highest BCUT2D eigenvalue weighted by Crippen LogP contribution is 2.43. The summed E-state index contributed by atoms with van der Waals surface area (Å²) in [5, 5.41) is 32.2. The fourth-order valence-corrected chi connectivity index (χ4v) is 8.30. The van der Waals surface area contributed by atoms with Crippen LogP contribution in [0.4, 0.5) is 11.9 Å². The third-order valence-corrected chi connectivity index (χ3v) is 11.4. The number of rotatable bonds is 20. The van der Waals surface area contributed by atoms with Crippen molar-refractivity contribution in [1.82, 2.24) is 29.5 Å². The lowest BCUT2D eigenvalue weighted by Crippen LogP contribution is -2.47. The number of methoxy groups -OCH3 is 1. The van der Waals surface area contributed by atoms with Gasteiger partial charge in [-0.1, -0.05) is 17.4 Å². The van der Waals surface area contributed by atoms with E-state index < -0.39 is 116 Å². The molecule has 0 bridgehead atoms. The van der Waals surface area contributed by atoms with Gasteiger partial charge in [-0.2, -0.15) is 0 Å². The SMILES string of the molecule is C.COCCO[C@@H]1[C@H](O)C(COP(=O)([O-])OCC(COP(=O)([O-])OCC2O[C@@H]([n+]3c[nH]c4c(=O)[nH]c(N)nc43)[C@H](O)[C@@H]2O)OP(=O)([O-])[O-])O[C@H]1[n+]1cn(C)c2c(=O)[nH]c(N)nc21. The molecule has 0 aromatic carbocycles. The number of imidazole rings is 2. The average molecular weight is 949 g/mol. The van der Waals surface area contributed by atoms with E-state index in [2.05, 4.69) is 38.5 Å². The summed E-state index contributed by atoms with van der Waals surface area (Å²) >= 11 is 0. The van der Waals surface area contributed by atoms with Gasteiger partial charge in [0, 0.05) is 7.11 Å². The van der Waals surface area contributed by atoms with Crippen molar-refractivity contribution in [3.05, 3.63) is 33.4 Å². The van der Waals surface area contributed by atoms with Gasteiger partial charge in [0.05, 0.1) is 54.5 Å². The van der Waals surface area contributed by atoms with Gasteiger partial charge in [0.2, 0.25) is 23.5 Å². The molecule has 5 unspecified atom stereocenters. The van der Waals surface area contributed by atoms with Crippen LogP contribution in [-0.4, -0.2) is 134 Å². The number of fused-ring (bicyclic) bond motifs is 2. The molecule has 31 nitrogen and oxygen atoms in total. The van der Waals surface area contributed by atoms with Crippen molar-refractivity contribution in [3.63, 3.8) is 0 Å². The first-order chi connectivity index (χ1) is 28.6. The Morgan fingerprint density at radius 3 is 2.00 bits per heavy atom. The fourth-order valence-electron chi connectivity index (χ4n) is 6.31. The molecular formula is C28H43N10O21P3-2. The number of phosphoric acid groups is 3. The predicted molar refractivity (Wildman–Crippen MR) is 193 cm³/mol. The number of aliphatic hydroxyl groups is 3. The topological polar surface area (TPSA) is 459 Å². The third-order valence-electron chi connectivity index (χ3n) is 9.01. The van der Waals surface area contributed by atoms with Crippen LogP contribution in [0.2, 0.25) is 0 Å². The van der Waals surface area contributed by atoms with E-state index in [1.54, 1.807) is 0 Å². The molecule has 11 atom stereocenters. The Balaban J connectivity index is 0.00000726. The van der Waals surface area contributed by atoms with Crippen LogP contribution in [0.25, 0.3) is 22.3 Å². The van der Waals surface area contributed by atoms with E-state index in [1.807, 2.05) is 0 Å². The van der Waals surface area contributed by atoms with E-state index in [0.717, 1.165) is 4.57 Å². The summed E-state index contributed by atoms with van der Waals surface area (Å²) in [7, 11) is -14.1. The maximum atomic E-state index is 12.8. The molecule has 0 radical (unpaired) electrons. The summed E-state index contributed by atoms with van der Waals surface area (Å²) < 4.78 is 85.7. The van der Waals surface area contributed by atoms with E-state index in [-0.39, 0.29) is 54.9 Å². The van der Waals surface area contributed by atoms with Crippen molar-refractivity contribution < 1.29 is 99.3 Å². The third kappa shape index (κ3) is 11.3. The van der Waals surface area contributed by atoms with Gasteiger partial charge in [-0.05, 0) is 0 Å². The van der Waals surface area contributed by atoms with E-state index in [0.29, 0.717) is 0 Å². The van der Waals surface area contributed by atoms with Crippen molar-refractivity contribution in [2.45, 2.75) is 62.6 Å². The Bertz CT molecular complexity index is 2460. The zero-order valence-electron chi connectivity index (χ0n) is 31.5. The minimum atomic E-state index is -5.97. The Morgan fingerprint density at radius 2 is 1.40 bits per heavy atom. The summed E-state index contributed by atoms with van der Waals surface area (Å²) in [4.78, 5) is 88.2. The summed E-state index contributed by atoms with van der Waals surface area (Å²) in [5.74, 6) is -0.540. The molecule has 0 saturated carbocycles. The highest BCUT2D eigenvalue weighted by molar-refractivity contribution is 7.46. The van der Waals surface area contributed by atoms with Crippen molar-refractivity contribution in [3.8, 4) is 0 Å². The van der Waals surface area contributed by atoms with E-state index >= 15 is 0 Å². The predicted octanol–water partition coefficient (Wildman–Crippen LogP) is -6.97. The number of nitrogens with zero attached hydrogens (tertiary/aromatic N) is 5. The van der Waals surface area contributed by atoms with Crippen LogP contribution in [0.3, 0.4) is 0 Å². The minimum Gasteiger partial charge on any atom is -0.790 e. The second-order valence-corrected chi connectivity index (χ2v) is 17.2. The number of hydrogen-bond acceptors (Lipinski definition) is 25. The normalized spacial score (nSPS) is 26.7. The van der Waals surface area contributed by atoms with Gasteiger partial charge in [-0.15, -0.1) is 0 Å². The molecule has 0 amide bonds. The smallest absolute Gasteiger partial charge is 0.313 e. The number of anilines is 2. The van der Waals surface area contributed by atoms with Crippen LogP contribution < -0.4 is 51.3 Å². The van der Waals surface area contributed by atoms with Gasteiger partial charge < -0.3 is 92.5 Å². The van der Waals surface area contributed by atoms with Crippen LogP contribution in [0.1, 0.15) is 19.9 Å². The molecule has 4 aromatic rings. The molecule has 62 heavy (non-hydrogen) atoms. The first-order valence-electron chi connectivity index (χ1n) is 17.5. The standard InChI is InChI=1S/C27H41N10O21P3.CH4/c1-35-10-37(21-15(35)23(42)34-27(29)32-21)25-19(51-4-3-50-2)17(39)13(57-25)8-55-61(48,49)53-6-11(58-59(43,44)45)5-52-60(46,47)54-7-12-16(38)18(40)24(56-12)36-9-30-14-20(36)31-26(28)33-22(14)41;/h9-13,16-19,24-25,38-40H,3-8H2,1-2H3,(H9-,28,29,31,32,33,34,41,42,43,44,45,46,47,48,49);1H4/p-2/t11?,12?,13?,16-,17-,18-,19-,24-,25-;/m1./s1. The molecule has 34 heteroatoms. The molecule has 348 valence electrons. The molecule has 2 aliphatic heterocycles. The zero-order chi connectivity index (χ0) is 44.6. The number of nitrogens with two attached hydrogens (primary N) is 2. The van der Waals surface area contributed by atoms with Crippen molar-refractivity contribution in [2.75, 3.05) is 58.2 Å². The largest absolute Gasteiger partial charge is 0.790 e. The maximum Gasteiger partial charge on any atom is 0.313 e. The van der Waals surface area contributed by atoms with Crippen LogP contribution in [0, 0.1) is 0 Å². The Labute approximate surface area is 347 Å². The molecule has 0 spiro atoms. The monoisotopic (exact) mass is 948 g/mol. The molecule has 6 heterocycles. The first kappa shape index (κ1) is 49.4. The van der Waals surface area contributed by atoms with Crippen LogP contribution in [0.15, 0.2) is 22.2 Å². The van der Waals surface area contributed by atoms with Gasteiger partial charge in [0.25, 0.3) is 38.7 Å². The molecule has 0 aliphatic carbocycles. The summed E-state index contributed by atoms with van der Waals surface area (Å²) in [6.07, 6.45) is -11.8. The molecule has 10 N–H and O–H groups in total. The van der Waals surface area contributed by atoms with Crippen molar-refractivity contribution in [1.29, 1.82) is 0 Å². The lowest BCUT2D eigenvalue weighted by Gasteiger charge is -2.35.